The van der Waals surface area contributed by atoms with Crippen LogP contribution in [0, 0.1) is 6.92 Å². The number of hydrogen-bond donors (Lipinski definition) is 1. The van der Waals surface area contributed by atoms with Gasteiger partial charge in [0.25, 0.3) is 5.91 Å². The van der Waals surface area contributed by atoms with Gasteiger partial charge in [-0.05, 0) is 43.2 Å². The van der Waals surface area contributed by atoms with E-state index in [0.717, 1.165) is 24.4 Å². The molecule has 1 heterocycles. The van der Waals surface area contributed by atoms with E-state index in [-0.39, 0.29) is 5.91 Å². The number of anilines is 1. The van der Waals surface area contributed by atoms with E-state index < -0.39 is 6.10 Å². The molecule has 0 saturated carbocycles. The van der Waals surface area contributed by atoms with Gasteiger partial charge in [-0.2, -0.15) is 0 Å². The Morgan fingerprint density at radius 3 is 2.83 bits per heavy atom. The molecule has 0 aliphatic carbocycles. The van der Waals surface area contributed by atoms with Gasteiger partial charge in [0.15, 0.2) is 6.10 Å². The zero-order valence-corrected chi connectivity index (χ0v) is 14.3. The van der Waals surface area contributed by atoms with E-state index in [4.69, 9.17) is 4.74 Å². The van der Waals surface area contributed by atoms with Crippen molar-refractivity contribution in [1.82, 2.24) is 5.32 Å². The van der Waals surface area contributed by atoms with Gasteiger partial charge in [-0.1, -0.05) is 30.3 Å². The highest BCUT2D eigenvalue weighted by Gasteiger charge is 2.28. The molecule has 24 heavy (non-hydrogen) atoms. The summed E-state index contributed by atoms with van der Waals surface area (Å²) in [4.78, 5) is 14.6. The number of carbonyl (C=O) groups is 1. The van der Waals surface area contributed by atoms with Crippen molar-refractivity contribution < 1.29 is 9.53 Å². The van der Waals surface area contributed by atoms with E-state index in [1.165, 1.54) is 11.3 Å². The summed E-state index contributed by atoms with van der Waals surface area (Å²) in [5.41, 5.74) is 3.54. The molecule has 2 aromatic carbocycles. The van der Waals surface area contributed by atoms with Crippen LogP contribution in [0.15, 0.2) is 48.5 Å². The second-order valence-electron chi connectivity index (χ2n) is 6.13. The number of carbonyl (C=O) groups excluding carboxylic acids is 1. The van der Waals surface area contributed by atoms with Gasteiger partial charge in [-0.25, -0.2) is 0 Å². The molecule has 0 radical (unpaired) electrons. The van der Waals surface area contributed by atoms with Crippen LogP contribution in [-0.2, 0) is 11.2 Å². The van der Waals surface area contributed by atoms with Gasteiger partial charge in [0, 0.05) is 31.7 Å². The third-order valence-corrected chi connectivity index (χ3v) is 4.37. The van der Waals surface area contributed by atoms with Crippen molar-refractivity contribution in [3.05, 3.63) is 59.7 Å². The molecule has 1 atom stereocenters. The summed E-state index contributed by atoms with van der Waals surface area (Å²) in [5, 5.41) is 3.00. The Labute approximate surface area is 143 Å². The Bertz CT molecular complexity index is 689. The van der Waals surface area contributed by atoms with Gasteiger partial charge in [0.2, 0.25) is 0 Å². The summed E-state index contributed by atoms with van der Waals surface area (Å²) in [6.45, 7) is 6.52. The third kappa shape index (κ3) is 3.70. The Kier molecular flexibility index (Phi) is 5.04. The molecule has 4 nitrogen and oxygen atoms in total. The first kappa shape index (κ1) is 16.4. The number of nitrogens with zero attached hydrogens (tertiary/aromatic N) is 1. The normalized spacial score (nSPS) is 15.5. The van der Waals surface area contributed by atoms with Crippen LogP contribution in [0.4, 0.5) is 5.69 Å². The number of hydrogen-bond acceptors (Lipinski definition) is 3. The molecule has 1 aliphatic rings. The van der Waals surface area contributed by atoms with Gasteiger partial charge >= 0.3 is 0 Å². The number of fused-ring (bicyclic) bond motifs is 1. The third-order valence-electron chi connectivity index (χ3n) is 4.37. The Hall–Kier alpha value is -2.49. The molecule has 0 bridgehead atoms. The maximum Gasteiger partial charge on any atom is 0.261 e. The first-order valence-electron chi connectivity index (χ1n) is 8.51. The molecule has 1 unspecified atom stereocenters. The van der Waals surface area contributed by atoms with Crippen LogP contribution in [0.5, 0.6) is 5.75 Å². The highest BCUT2D eigenvalue weighted by Crippen LogP contribution is 2.28. The van der Waals surface area contributed by atoms with Crippen molar-refractivity contribution in [3.8, 4) is 5.75 Å². The first-order chi connectivity index (χ1) is 11.7. The van der Waals surface area contributed by atoms with Crippen molar-refractivity contribution >= 4 is 11.6 Å². The summed E-state index contributed by atoms with van der Waals surface area (Å²) in [6, 6.07) is 16.3. The average molecular weight is 324 g/mol. The van der Waals surface area contributed by atoms with Crippen LogP contribution in [0.2, 0.25) is 0 Å². The van der Waals surface area contributed by atoms with Crippen LogP contribution in [-0.4, -0.2) is 31.6 Å². The molecule has 0 saturated heterocycles. The Balaban J connectivity index is 1.50. The number of likely N-dealkylation sites (N-methyl/N-ethyl adjacent to an activating group) is 1. The van der Waals surface area contributed by atoms with Crippen molar-refractivity contribution in [1.29, 1.82) is 0 Å². The molecule has 3 rings (SSSR count). The largest absolute Gasteiger partial charge is 0.480 e. The summed E-state index contributed by atoms with van der Waals surface area (Å²) >= 11 is 0. The minimum Gasteiger partial charge on any atom is -0.480 e. The van der Waals surface area contributed by atoms with Crippen molar-refractivity contribution in [2.24, 2.45) is 0 Å². The lowest BCUT2D eigenvalue weighted by atomic mass is 10.1. The molecule has 126 valence electrons. The predicted molar refractivity (Wildman–Crippen MR) is 96.6 cm³/mol. The zero-order valence-electron chi connectivity index (χ0n) is 14.3. The van der Waals surface area contributed by atoms with E-state index in [1.807, 2.05) is 24.3 Å². The molecule has 0 fully saturated rings. The minimum atomic E-state index is -0.406. The quantitative estimate of drug-likeness (QED) is 0.888. The second kappa shape index (κ2) is 7.39. The maximum atomic E-state index is 12.3. The van der Waals surface area contributed by atoms with Gasteiger partial charge in [-0.15, -0.1) is 0 Å². The molecular weight excluding hydrogens is 300 g/mol. The monoisotopic (exact) mass is 324 g/mol. The van der Waals surface area contributed by atoms with E-state index in [2.05, 4.69) is 48.3 Å². The number of para-hydroxylation sites is 1. The molecule has 1 N–H and O–H groups in total. The molecule has 2 aromatic rings. The second-order valence-corrected chi connectivity index (χ2v) is 6.13. The van der Waals surface area contributed by atoms with E-state index in [0.29, 0.717) is 13.0 Å². The van der Waals surface area contributed by atoms with E-state index in [9.17, 15) is 4.79 Å². The van der Waals surface area contributed by atoms with Gasteiger partial charge in [0.1, 0.15) is 5.75 Å². The van der Waals surface area contributed by atoms with E-state index in [1.54, 1.807) is 0 Å². The minimum absolute atomic E-state index is 0.0357. The number of rotatable bonds is 6. The number of ether oxygens (including phenoxy) is 1. The van der Waals surface area contributed by atoms with Crippen molar-refractivity contribution in [2.45, 2.75) is 26.4 Å². The molecule has 0 spiro atoms. The van der Waals surface area contributed by atoms with Gasteiger partial charge < -0.3 is 15.0 Å². The van der Waals surface area contributed by atoms with Crippen LogP contribution in [0.3, 0.4) is 0 Å². The SMILES string of the molecule is CCN(CCNC(=O)C1Cc2ccccc2O1)c1cccc(C)c1. The lowest BCUT2D eigenvalue weighted by molar-refractivity contribution is -0.127. The summed E-state index contributed by atoms with van der Waals surface area (Å²) in [6.07, 6.45) is 0.244. The standard InChI is InChI=1S/C20H24N2O2/c1-3-22(17-9-6-7-15(2)13-17)12-11-21-20(23)19-14-16-8-4-5-10-18(16)24-19/h4-10,13,19H,3,11-12,14H2,1-2H3,(H,21,23). The zero-order chi connectivity index (χ0) is 16.9. The smallest absolute Gasteiger partial charge is 0.261 e. The van der Waals surface area contributed by atoms with Crippen LogP contribution >= 0.6 is 0 Å². The number of amides is 1. The van der Waals surface area contributed by atoms with Crippen LogP contribution in [0.25, 0.3) is 0 Å². The van der Waals surface area contributed by atoms with Gasteiger partial charge in [0.05, 0.1) is 0 Å². The topological polar surface area (TPSA) is 41.6 Å². The summed E-state index contributed by atoms with van der Waals surface area (Å²) in [5.74, 6) is 0.791. The fraction of sp³-hybridized carbons (Fsp3) is 0.350. The fourth-order valence-electron chi connectivity index (χ4n) is 3.05. The van der Waals surface area contributed by atoms with Crippen molar-refractivity contribution in [2.75, 3.05) is 24.5 Å². The Morgan fingerprint density at radius 2 is 2.08 bits per heavy atom. The molecule has 1 aliphatic heterocycles. The van der Waals surface area contributed by atoms with Crippen LogP contribution in [0.1, 0.15) is 18.1 Å². The van der Waals surface area contributed by atoms with Gasteiger partial charge in [-0.3, -0.25) is 4.79 Å². The number of nitrogens with one attached hydrogen (secondary N) is 1. The predicted octanol–water partition coefficient (Wildman–Crippen LogP) is 2.94. The van der Waals surface area contributed by atoms with Crippen molar-refractivity contribution in [3.63, 3.8) is 0 Å². The molecule has 4 heteroatoms. The molecule has 0 aromatic heterocycles. The summed E-state index contributed by atoms with van der Waals surface area (Å²) in [7, 11) is 0. The molecular formula is C20H24N2O2. The highest BCUT2D eigenvalue weighted by molar-refractivity contribution is 5.82. The fourth-order valence-corrected chi connectivity index (χ4v) is 3.05. The van der Waals surface area contributed by atoms with E-state index >= 15 is 0 Å². The summed E-state index contributed by atoms with van der Waals surface area (Å²) < 4.78 is 5.73. The number of benzene rings is 2. The molecule has 1 amide bonds. The lowest BCUT2D eigenvalue weighted by Gasteiger charge is -2.24. The Morgan fingerprint density at radius 1 is 1.25 bits per heavy atom. The average Bonchev–Trinajstić information content (AvgIpc) is 3.03. The van der Waals surface area contributed by atoms with Crippen LogP contribution < -0.4 is 15.0 Å². The maximum absolute atomic E-state index is 12.3. The number of aryl methyl sites for hydroxylation is 1. The highest BCUT2D eigenvalue weighted by atomic mass is 16.5. The first-order valence-corrected chi connectivity index (χ1v) is 8.51. The lowest BCUT2D eigenvalue weighted by Crippen LogP contribution is -2.41.